The quantitative estimate of drug-likeness (QED) is 0.532. The number of carbonyl (C=O) groups excluding carboxylic acids is 2. The number of anilines is 1. The first-order chi connectivity index (χ1) is 14.7. The van der Waals surface area contributed by atoms with Crippen molar-refractivity contribution in [3.05, 3.63) is 10.6 Å². The van der Waals surface area contributed by atoms with Crippen LogP contribution in [0.5, 0.6) is 0 Å². The maximum absolute atomic E-state index is 12.9. The zero-order chi connectivity index (χ0) is 24.1. The molecule has 8 heteroatoms. The van der Waals surface area contributed by atoms with Gasteiger partial charge in [0.25, 0.3) is 0 Å². The normalized spacial score (nSPS) is 32.2. The van der Waals surface area contributed by atoms with Crippen LogP contribution in [-0.2, 0) is 16.0 Å². The number of hydrogen-bond acceptors (Lipinski definition) is 6. The number of aliphatic hydroxyl groups is 2. The summed E-state index contributed by atoms with van der Waals surface area (Å²) in [5, 5.41) is 27.6. The minimum atomic E-state index is -0.656. The van der Waals surface area contributed by atoms with Gasteiger partial charge in [0.15, 0.2) is 5.13 Å². The Morgan fingerprint density at radius 1 is 1.28 bits per heavy atom. The lowest BCUT2D eigenvalue weighted by atomic mass is 9.47. The number of carbonyl (C=O) groups is 2. The van der Waals surface area contributed by atoms with Gasteiger partial charge in [0, 0.05) is 34.1 Å². The Labute approximate surface area is 195 Å². The summed E-state index contributed by atoms with van der Waals surface area (Å²) in [6, 6.07) is 0.0436. The topological polar surface area (TPSA) is 112 Å². The van der Waals surface area contributed by atoms with E-state index in [0.29, 0.717) is 24.4 Å². The summed E-state index contributed by atoms with van der Waals surface area (Å²) in [4.78, 5) is 31.3. The van der Waals surface area contributed by atoms with Crippen molar-refractivity contribution in [3.8, 4) is 0 Å². The van der Waals surface area contributed by atoms with Gasteiger partial charge in [0.2, 0.25) is 11.8 Å². The van der Waals surface area contributed by atoms with Crippen LogP contribution in [0.1, 0.15) is 84.2 Å². The Bertz CT molecular complexity index is 877. The molecule has 0 bridgehead atoms. The summed E-state index contributed by atoms with van der Waals surface area (Å²) in [6.45, 7) is 13.5. The lowest BCUT2D eigenvalue weighted by Crippen LogP contribution is -2.57. The molecular weight excluding hydrogens is 426 g/mol. The third-order valence-electron chi connectivity index (χ3n) is 7.63. The third-order valence-corrected chi connectivity index (χ3v) is 8.64. The van der Waals surface area contributed by atoms with Crippen LogP contribution in [0.2, 0.25) is 0 Å². The third kappa shape index (κ3) is 4.46. The van der Waals surface area contributed by atoms with E-state index in [4.69, 9.17) is 4.98 Å². The van der Waals surface area contributed by atoms with Gasteiger partial charge in [-0.25, -0.2) is 4.98 Å². The Morgan fingerprint density at radius 2 is 1.94 bits per heavy atom. The van der Waals surface area contributed by atoms with E-state index in [1.807, 2.05) is 41.5 Å². The van der Waals surface area contributed by atoms with Crippen LogP contribution in [-0.4, -0.2) is 45.8 Å². The van der Waals surface area contributed by atoms with Gasteiger partial charge in [-0.15, -0.1) is 11.3 Å². The molecule has 2 aliphatic rings. The second-order valence-electron chi connectivity index (χ2n) is 11.5. The Morgan fingerprint density at radius 3 is 2.50 bits per heavy atom. The smallest absolute Gasteiger partial charge is 0.231 e. The number of amides is 2. The molecule has 2 aliphatic carbocycles. The predicted octanol–water partition coefficient (Wildman–Crippen LogP) is 3.46. The van der Waals surface area contributed by atoms with Gasteiger partial charge in [-0.1, -0.05) is 34.6 Å². The number of aliphatic hydroxyl groups excluding tert-OH is 2. The zero-order valence-electron chi connectivity index (χ0n) is 20.4. The fraction of sp³-hybridized carbons (Fsp3) is 0.792. The molecule has 0 spiro atoms. The molecule has 0 unspecified atom stereocenters. The predicted molar refractivity (Wildman–Crippen MR) is 127 cm³/mol. The summed E-state index contributed by atoms with van der Waals surface area (Å²) in [7, 11) is 0. The monoisotopic (exact) mass is 465 g/mol. The van der Waals surface area contributed by atoms with Crippen LogP contribution >= 0.6 is 11.3 Å². The first-order valence-electron chi connectivity index (χ1n) is 11.6. The van der Waals surface area contributed by atoms with Crippen LogP contribution in [0, 0.1) is 22.2 Å². The van der Waals surface area contributed by atoms with Crippen molar-refractivity contribution in [3.63, 3.8) is 0 Å². The number of rotatable bonds is 5. The Hall–Kier alpha value is -1.51. The van der Waals surface area contributed by atoms with E-state index in [1.165, 1.54) is 11.3 Å². The fourth-order valence-corrected chi connectivity index (χ4v) is 6.61. The molecule has 180 valence electrons. The highest BCUT2D eigenvalue weighted by molar-refractivity contribution is 7.15. The summed E-state index contributed by atoms with van der Waals surface area (Å²) >= 11 is 1.45. The van der Waals surface area contributed by atoms with Crippen LogP contribution in [0.25, 0.3) is 0 Å². The van der Waals surface area contributed by atoms with Crippen LogP contribution < -0.4 is 10.6 Å². The molecule has 1 saturated carbocycles. The average molecular weight is 466 g/mol. The van der Waals surface area contributed by atoms with Crippen molar-refractivity contribution in [2.24, 2.45) is 22.2 Å². The maximum atomic E-state index is 12.9. The van der Waals surface area contributed by atoms with Crippen molar-refractivity contribution in [2.45, 2.75) is 92.2 Å². The highest BCUT2D eigenvalue weighted by Gasteiger charge is 2.59. The molecule has 7 nitrogen and oxygen atoms in total. The standard InChI is InChI=1S/C24H39N3O4S/c1-13(2)25-18(30)10-14-19-15(32-21(26-19)27-20(31)22(3,4)5)11-16-23(14,6)9-8-17(29)24(16,7)12-28/h13-14,16-17,28-29H,8-12H2,1-7H3,(H,25,30)(H,26,27,31)/t14-,16+,17-,23+,24+/m1/s1. The second kappa shape index (κ2) is 8.69. The van der Waals surface area contributed by atoms with E-state index in [-0.39, 0.29) is 41.7 Å². The average Bonchev–Trinajstić information content (AvgIpc) is 3.07. The molecule has 4 N–H and O–H groups in total. The molecule has 1 fully saturated rings. The van der Waals surface area contributed by atoms with Gasteiger partial charge in [-0.2, -0.15) is 0 Å². The molecule has 5 atom stereocenters. The molecular formula is C24H39N3O4S. The molecule has 2 amide bonds. The molecule has 32 heavy (non-hydrogen) atoms. The van der Waals surface area contributed by atoms with Gasteiger partial charge in [-0.05, 0) is 44.4 Å². The maximum Gasteiger partial charge on any atom is 0.231 e. The molecule has 0 saturated heterocycles. The first kappa shape index (κ1) is 25.1. The van der Waals surface area contributed by atoms with Gasteiger partial charge < -0.3 is 20.8 Å². The summed E-state index contributed by atoms with van der Waals surface area (Å²) < 4.78 is 0. The molecule has 1 aromatic heterocycles. The molecule has 1 heterocycles. The van der Waals surface area contributed by atoms with Gasteiger partial charge in [0.1, 0.15) is 0 Å². The Kier molecular flexibility index (Phi) is 6.82. The molecule has 0 aliphatic heterocycles. The van der Waals surface area contributed by atoms with Crippen molar-refractivity contribution < 1.29 is 19.8 Å². The minimum absolute atomic E-state index is 0.000261. The van der Waals surface area contributed by atoms with Crippen molar-refractivity contribution in [2.75, 3.05) is 11.9 Å². The molecule has 3 rings (SSSR count). The number of fused-ring (bicyclic) bond motifs is 2. The lowest BCUT2D eigenvalue weighted by molar-refractivity contribution is -0.144. The van der Waals surface area contributed by atoms with E-state index in [2.05, 4.69) is 17.6 Å². The van der Waals surface area contributed by atoms with Crippen LogP contribution in [0.3, 0.4) is 0 Å². The minimum Gasteiger partial charge on any atom is -0.396 e. The van der Waals surface area contributed by atoms with Crippen molar-refractivity contribution in [1.29, 1.82) is 0 Å². The molecule has 0 aromatic carbocycles. The van der Waals surface area contributed by atoms with Gasteiger partial charge in [0.05, 0.1) is 18.4 Å². The first-order valence-corrected chi connectivity index (χ1v) is 12.4. The highest BCUT2D eigenvalue weighted by Crippen LogP contribution is 2.62. The number of nitrogens with zero attached hydrogens (tertiary/aromatic N) is 1. The number of hydrogen-bond donors (Lipinski definition) is 4. The largest absolute Gasteiger partial charge is 0.396 e. The van der Waals surface area contributed by atoms with Crippen LogP contribution in [0.4, 0.5) is 5.13 Å². The van der Waals surface area contributed by atoms with E-state index in [0.717, 1.165) is 17.0 Å². The van der Waals surface area contributed by atoms with Crippen molar-refractivity contribution in [1.82, 2.24) is 10.3 Å². The SMILES string of the molecule is CC(C)NC(=O)C[C@@H]1c2nc(NC(=O)C(C)(C)C)sc2C[C@@H]2[C@](C)(CO)[C@H](O)CC[C@]21C. The summed E-state index contributed by atoms with van der Waals surface area (Å²) in [5.41, 5.74) is -0.607. The second-order valence-corrected chi connectivity index (χ2v) is 12.6. The zero-order valence-corrected chi connectivity index (χ0v) is 21.2. The number of aromatic nitrogens is 1. The molecule has 0 radical (unpaired) electrons. The van der Waals surface area contributed by atoms with Crippen LogP contribution in [0.15, 0.2) is 0 Å². The van der Waals surface area contributed by atoms with E-state index >= 15 is 0 Å². The highest BCUT2D eigenvalue weighted by atomic mass is 32.1. The van der Waals surface area contributed by atoms with E-state index in [1.54, 1.807) is 0 Å². The lowest BCUT2D eigenvalue weighted by Gasteiger charge is -2.58. The number of nitrogens with one attached hydrogen (secondary N) is 2. The van der Waals surface area contributed by atoms with E-state index in [9.17, 15) is 19.8 Å². The van der Waals surface area contributed by atoms with Gasteiger partial charge >= 0.3 is 0 Å². The van der Waals surface area contributed by atoms with Gasteiger partial charge in [-0.3, -0.25) is 9.59 Å². The molecule has 1 aromatic rings. The summed E-state index contributed by atoms with van der Waals surface area (Å²) in [6.07, 6.45) is 1.72. The van der Waals surface area contributed by atoms with Crippen molar-refractivity contribution >= 4 is 28.3 Å². The fourth-order valence-electron chi connectivity index (χ4n) is 5.55. The van der Waals surface area contributed by atoms with E-state index < -0.39 is 16.9 Å². The summed E-state index contributed by atoms with van der Waals surface area (Å²) in [5.74, 6) is -0.274. The number of thiazole rings is 1. The Balaban J connectivity index is 2.05.